The van der Waals surface area contributed by atoms with Crippen LogP contribution in [-0.2, 0) is 25.3 Å². The number of benzene rings is 3. The van der Waals surface area contributed by atoms with E-state index in [9.17, 15) is 45.3 Å². The van der Waals surface area contributed by atoms with Gasteiger partial charge in [0.2, 0.25) is 0 Å². The van der Waals surface area contributed by atoms with Crippen molar-refractivity contribution >= 4 is 28.1 Å². The lowest BCUT2D eigenvalue weighted by atomic mass is 10.00. The molecule has 6 N–H and O–H groups in total. The van der Waals surface area contributed by atoms with Crippen molar-refractivity contribution in [2.75, 3.05) is 35.0 Å². The molecule has 8 nitrogen and oxygen atoms in total. The minimum absolute atomic E-state index is 0.0479. The Morgan fingerprint density at radius 2 is 1.59 bits per heavy atom. The Morgan fingerprint density at radius 1 is 0.935 bits per heavy atom. The normalized spacial score (nSPS) is 17.0. The predicted molar refractivity (Wildman–Crippen MR) is 166 cm³/mol. The Bertz CT molecular complexity index is 1460. The topological polar surface area (TPSA) is 117 Å². The molecule has 0 aliphatic carbocycles. The van der Waals surface area contributed by atoms with Crippen molar-refractivity contribution in [3.63, 3.8) is 0 Å². The van der Waals surface area contributed by atoms with Crippen molar-refractivity contribution in [3.8, 4) is 0 Å². The molecule has 1 aliphatic heterocycles. The number of halogens is 6. The van der Waals surface area contributed by atoms with Gasteiger partial charge < -0.3 is 21.1 Å². The number of aliphatic hydroxyl groups is 1. The first kappa shape index (κ1) is 35.4. The van der Waals surface area contributed by atoms with Gasteiger partial charge in [-0.25, -0.2) is 0 Å². The molecular weight excluding hydrogens is 638 g/mol. The van der Waals surface area contributed by atoms with Crippen LogP contribution >= 0.6 is 10.8 Å². The smallest absolute Gasteiger partial charge is 0.390 e. The van der Waals surface area contributed by atoms with E-state index in [1.807, 2.05) is 6.92 Å². The largest absolute Gasteiger partial charge is 0.416 e. The van der Waals surface area contributed by atoms with E-state index in [0.29, 0.717) is 43.0 Å². The molecule has 0 radical (unpaired) electrons. The van der Waals surface area contributed by atoms with Gasteiger partial charge in [0, 0.05) is 37.4 Å². The van der Waals surface area contributed by atoms with Crippen LogP contribution in [0.3, 0.4) is 0 Å². The zero-order valence-corrected chi connectivity index (χ0v) is 25.6. The molecule has 0 saturated carbocycles. The van der Waals surface area contributed by atoms with Crippen LogP contribution < -0.4 is 20.3 Å². The van der Waals surface area contributed by atoms with Crippen LogP contribution in [0.5, 0.6) is 0 Å². The van der Waals surface area contributed by atoms with Crippen LogP contribution in [0.2, 0.25) is 0 Å². The summed E-state index contributed by atoms with van der Waals surface area (Å²) in [6.07, 6.45) is -10.6. The van der Waals surface area contributed by atoms with E-state index in [1.165, 1.54) is 10.4 Å². The number of aliphatic hydroxyl groups excluding tert-OH is 1. The van der Waals surface area contributed by atoms with Crippen LogP contribution in [-0.4, -0.2) is 57.7 Å². The van der Waals surface area contributed by atoms with Gasteiger partial charge in [-0.2, -0.15) is 26.3 Å². The molecule has 3 aromatic rings. The Kier molecular flexibility index (Phi) is 11.2. The third kappa shape index (κ3) is 9.28. The highest BCUT2D eigenvalue weighted by Gasteiger charge is 2.37. The molecular formula is C31H36F6N4O4S. The minimum Gasteiger partial charge on any atom is -0.390 e. The quantitative estimate of drug-likeness (QED) is 0.121. The van der Waals surface area contributed by atoms with Gasteiger partial charge in [-0.05, 0) is 67.3 Å². The standard InChI is InChI=1S/C31H36F6N4O4S/c1-2-39-25-14-22(15-26(17-25)41-9-6-10-46(41,44)45)29(43)40-27(13-20-7-4-3-5-8-20)28(42)19-38-18-21-11-23(30(32,33)34)16-24(12-21)31(35,36)37/h3-5,7-8,11-12,14-17,27-28,38-39,42,44-45H,2,6,9-10,13,18-19H2,1H3,(H,40,43)/t27-,28+/m0/s1. The molecule has 15 heteroatoms. The van der Waals surface area contributed by atoms with E-state index in [-0.39, 0.29) is 35.9 Å². The first-order chi connectivity index (χ1) is 21.6. The molecule has 0 bridgehead atoms. The number of amides is 1. The highest BCUT2D eigenvalue weighted by Crippen LogP contribution is 2.51. The average molecular weight is 675 g/mol. The van der Waals surface area contributed by atoms with Gasteiger partial charge in [-0.15, -0.1) is 10.8 Å². The van der Waals surface area contributed by atoms with Gasteiger partial charge in [0.05, 0.1) is 34.7 Å². The fourth-order valence-electron chi connectivity index (χ4n) is 5.18. The molecule has 1 aliphatic rings. The average Bonchev–Trinajstić information content (AvgIpc) is 3.35. The highest BCUT2D eigenvalue weighted by molar-refractivity contribution is 8.25. The lowest BCUT2D eigenvalue weighted by Gasteiger charge is -2.38. The second kappa shape index (κ2) is 14.5. The summed E-state index contributed by atoms with van der Waals surface area (Å²) >= 11 is 0. The molecule has 1 fully saturated rings. The number of rotatable bonds is 12. The number of carbonyl (C=O) groups is 1. The fraction of sp³-hybridized carbons (Fsp3) is 0.387. The van der Waals surface area contributed by atoms with E-state index in [1.54, 1.807) is 42.5 Å². The Balaban J connectivity index is 1.54. The summed E-state index contributed by atoms with van der Waals surface area (Å²) < 4.78 is 102. The molecule has 3 aromatic carbocycles. The molecule has 0 aromatic heterocycles. The second-order valence-corrected chi connectivity index (χ2v) is 13.1. The molecule has 0 spiro atoms. The van der Waals surface area contributed by atoms with Gasteiger partial charge in [0.1, 0.15) is 0 Å². The number of alkyl halides is 6. The lowest BCUT2D eigenvalue weighted by Crippen LogP contribution is -2.48. The van der Waals surface area contributed by atoms with Gasteiger partial charge in [-0.1, -0.05) is 30.3 Å². The maximum atomic E-state index is 13.6. The zero-order valence-electron chi connectivity index (χ0n) is 24.8. The fourth-order valence-corrected chi connectivity index (χ4v) is 6.78. The third-order valence-electron chi connectivity index (χ3n) is 7.39. The van der Waals surface area contributed by atoms with Gasteiger partial charge in [-0.3, -0.25) is 18.2 Å². The summed E-state index contributed by atoms with van der Waals surface area (Å²) in [5.74, 6) is -0.375. The van der Waals surface area contributed by atoms with E-state index < -0.39 is 58.9 Å². The maximum Gasteiger partial charge on any atom is 0.416 e. The first-order valence-corrected chi connectivity index (χ1v) is 16.2. The molecule has 1 saturated heterocycles. The second-order valence-electron chi connectivity index (χ2n) is 11.0. The molecule has 252 valence electrons. The molecule has 2 atom stereocenters. The van der Waals surface area contributed by atoms with Crippen LogP contribution in [0.1, 0.15) is 46.0 Å². The van der Waals surface area contributed by atoms with E-state index in [4.69, 9.17) is 0 Å². The summed E-state index contributed by atoms with van der Waals surface area (Å²) in [6, 6.07) is 14.0. The molecule has 4 rings (SSSR count). The van der Waals surface area contributed by atoms with Crippen molar-refractivity contribution in [2.45, 2.75) is 50.8 Å². The van der Waals surface area contributed by atoms with Gasteiger partial charge in [0.25, 0.3) is 5.91 Å². The summed E-state index contributed by atoms with van der Waals surface area (Å²) in [4.78, 5) is 13.6. The van der Waals surface area contributed by atoms with Crippen LogP contribution in [0, 0.1) is 0 Å². The number of carbonyl (C=O) groups excluding carboxylic acids is 1. The van der Waals surface area contributed by atoms with Crippen molar-refractivity contribution in [3.05, 3.63) is 94.5 Å². The first-order valence-electron chi connectivity index (χ1n) is 14.5. The number of hydrogen-bond donors (Lipinski definition) is 6. The Labute approximate surface area is 264 Å². The molecule has 46 heavy (non-hydrogen) atoms. The lowest BCUT2D eigenvalue weighted by molar-refractivity contribution is -0.143. The SMILES string of the molecule is CCNc1cc(C(=O)N[C@@H](Cc2ccccc2)[C@H](O)CNCc2cc(C(F)(F)F)cc(C(F)(F)F)c2)cc(N2CCCS2(O)O)c1. The third-order valence-corrected chi connectivity index (χ3v) is 9.33. The van der Waals surface area contributed by atoms with Crippen molar-refractivity contribution in [2.24, 2.45) is 0 Å². The zero-order chi connectivity index (χ0) is 33.7. The number of hydrogen-bond acceptors (Lipinski definition) is 7. The van der Waals surface area contributed by atoms with E-state index in [0.717, 1.165) is 5.56 Å². The summed E-state index contributed by atoms with van der Waals surface area (Å²) in [5.41, 5.74) is -1.23. The van der Waals surface area contributed by atoms with Gasteiger partial charge in [0.15, 0.2) is 0 Å². The summed E-state index contributed by atoms with van der Waals surface area (Å²) in [7, 11) is -3.05. The van der Waals surface area contributed by atoms with Crippen molar-refractivity contribution in [1.82, 2.24) is 10.6 Å². The molecule has 0 unspecified atom stereocenters. The highest BCUT2D eigenvalue weighted by atomic mass is 32.3. The molecule has 1 amide bonds. The van der Waals surface area contributed by atoms with Crippen LogP contribution in [0.4, 0.5) is 37.7 Å². The predicted octanol–water partition coefficient (Wildman–Crippen LogP) is 6.52. The number of anilines is 2. The number of nitrogens with one attached hydrogen (secondary N) is 3. The summed E-state index contributed by atoms with van der Waals surface area (Å²) in [6.45, 7) is 2.09. The van der Waals surface area contributed by atoms with Crippen LogP contribution in [0.25, 0.3) is 0 Å². The van der Waals surface area contributed by atoms with E-state index in [2.05, 4.69) is 16.0 Å². The Hall–Kier alpha value is -3.50. The Morgan fingerprint density at radius 3 is 2.15 bits per heavy atom. The minimum atomic E-state index is -4.99. The van der Waals surface area contributed by atoms with Crippen molar-refractivity contribution in [1.29, 1.82) is 0 Å². The van der Waals surface area contributed by atoms with Gasteiger partial charge >= 0.3 is 12.4 Å². The number of nitrogens with zero attached hydrogens (tertiary/aromatic N) is 1. The van der Waals surface area contributed by atoms with E-state index >= 15 is 0 Å². The monoisotopic (exact) mass is 674 g/mol. The molecule has 1 heterocycles. The van der Waals surface area contributed by atoms with Crippen LogP contribution in [0.15, 0.2) is 66.7 Å². The van der Waals surface area contributed by atoms with Crippen molar-refractivity contribution < 1.29 is 45.3 Å². The summed E-state index contributed by atoms with van der Waals surface area (Å²) in [5, 5.41) is 19.8. The maximum absolute atomic E-state index is 13.6.